The van der Waals surface area contributed by atoms with Crippen LogP contribution in [0.25, 0.3) is 0 Å². The minimum absolute atomic E-state index is 0.279. The van der Waals surface area contributed by atoms with E-state index in [1.54, 1.807) is 12.1 Å². The number of aliphatic hydroxyl groups is 2. The highest BCUT2D eigenvalue weighted by Crippen LogP contribution is 2.23. The largest absolute Gasteiger partial charge is 0.389 e. The summed E-state index contributed by atoms with van der Waals surface area (Å²) in [5.74, 6) is 0. The lowest BCUT2D eigenvalue weighted by molar-refractivity contribution is 0.0316. The number of alkyl halides is 1. The van der Waals surface area contributed by atoms with Gasteiger partial charge >= 0.3 is 0 Å². The number of aliphatic hydroxyl groups excluding tert-OH is 2. The summed E-state index contributed by atoms with van der Waals surface area (Å²) in [6.45, 7) is 0. The first-order valence-corrected chi connectivity index (χ1v) is 5.19. The van der Waals surface area contributed by atoms with E-state index in [2.05, 4.69) is 20.9 Å². The average Bonchev–Trinajstić information content (AvgIpc) is 2.16. The van der Waals surface area contributed by atoms with Gasteiger partial charge < -0.3 is 10.2 Å². The van der Waals surface area contributed by atoms with E-state index in [0.29, 0.717) is 10.7 Å². The lowest BCUT2D eigenvalue weighted by Gasteiger charge is -2.15. The highest BCUT2D eigenvalue weighted by Gasteiger charge is 2.20. The van der Waals surface area contributed by atoms with E-state index < -0.39 is 12.2 Å². The van der Waals surface area contributed by atoms with Crippen LogP contribution >= 0.6 is 27.5 Å². The molecule has 13 heavy (non-hydrogen) atoms. The number of aromatic nitrogens is 1. The van der Waals surface area contributed by atoms with Gasteiger partial charge in [-0.1, -0.05) is 27.5 Å². The van der Waals surface area contributed by atoms with Crippen LogP contribution in [0, 0.1) is 0 Å². The molecule has 5 heteroatoms. The quantitative estimate of drug-likeness (QED) is 0.816. The molecule has 2 N–H and O–H groups in total. The summed E-state index contributed by atoms with van der Waals surface area (Å²) in [5, 5.41) is 19.5. The minimum atomic E-state index is -1.05. The SMILES string of the molecule is OC(CBr)C(O)c1ncccc1Cl. The van der Waals surface area contributed by atoms with Crippen LogP contribution < -0.4 is 0 Å². The Morgan fingerprint density at radius 2 is 2.23 bits per heavy atom. The van der Waals surface area contributed by atoms with Gasteiger partial charge in [0.15, 0.2) is 0 Å². The Bertz CT molecular complexity index is 285. The molecule has 1 rings (SSSR count). The molecular weight excluding hydrogens is 257 g/mol. The van der Waals surface area contributed by atoms with Gasteiger partial charge in [0.2, 0.25) is 0 Å². The molecule has 0 bridgehead atoms. The van der Waals surface area contributed by atoms with Gasteiger partial charge in [-0.15, -0.1) is 0 Å². The first kappa shape index (κ1) is 10.9. The van der Waals surface area contributed by atoms with E-state index in [1.807, 2.05) is 0 Å². The zero-order chi connectivity index (χ0) is 9.84. The summed E-state index contributed by atoms with van der Waals surface area (Å²) in [5.41, 5.74) is 0.302. The van der Waals surface area contributed by atoms with Gasteiger partial charge in [-0.3, -0.25) is 4.98 Å². The summed E-state index contributed by atoms with van der Waals surface area (Å²) < 4.78 is 0. The molecule has 2 unspecified atom stereocenters. The topological polar surface area (TPSA) is 53.4 Å². The summed E-state index contributed by atoms with van der Waals surface area (Å²) in [6.07, 6.45) is -0.425. The minimum Gasteiger partial charge on any atom is -0.389 e. The van der Waals surface area contributed by atoms with E-state index in [-0.39, 0.29) is 5.33 Å². The molecule has 72 valence electrons. The molecule has 0 spiro atoms. The normalized spacial score (nSPS) is 15.4. The van der Waals surface area contributed by atoms with Crippen molar-refractivity contribution in [3.63, 3.8) is 0 Å². The smallest absolute Gasteiger partial charge is 0.124 e. The Morgan fingerprint density at radius 3 is 2.77 bits per heavy atom. The predicted molar refractivity (Wildman–Crippen MR) is 54.0 cm³/mol. The summed E-state index contributed by atoms with van der Waals surface area (Å²) in [7, 11) is 0. The van der Waals surface area contributed by atoms with Gasteiger partial charge in [0.1, 0.15) is 6.10 Å². The molecule has 1 aromatic heterocycles. The Labute approximate surface area is 89.5 Å². The molecule has 0 aliphatic rings. The Hall–Kier alpha value is -0.160. The van der Waals surface area contributed by atoms with Gasteiger partial charge in [0, 0.05) is 11.5 Å². The van der Waals surface area contributed by atoms with Gasteiger partial charge in [-0.25, -0.2) is 0 Å². The van der Waals surface area contributed by atoms with E-state index in [1.165, 1.54) is 6.20 Å². The van der Waals surface area contributed by atoms with Crippen molar-refractivity contribution in [3.8, 4) is 0 Å². The summed E-state index contributed by atoms with van der Waals surface area (Å²) >= 11 is 8.83. The summed E-state index contributed by atoms with van der Waals surface area (Å²) in [4.78, 5) is 3.88. The summed E-state index contributed by atoms with van der Waals surface area (Å²) in [6, 6.07) is 3.28. The highest BCUT2D eigenvalue weighted by molar-refractivity contribution is 9.09. The number of halogens is 2. The fourth-order valence-electron chi connectivity index (χ4n) is 0.882. The van der Waals surface area contributed by atoms with E-state index in [0.717, 1.165) is 0 Å². The molecule has 0 aromatic carbocycles. The molecule has 1 aromatic rings. The Kier molecular flexibility index (Phi) is 4.12. The first-order valence-electron chi connectivity index (χ1n) is 3.69. The lowest BCUT2D eigenvalue weighted by Crippen LogP contribution is -2.20. The third kappa shape index (κ3) is 2.64. The second-order valence-corrected chi connectivity index (χ2v) is 3.59. The van der Waals surface area contributed by atoms with Crippen LogP contribution in [0.1, 0.15) is 11.8 Å². The highest BCUT2D eigenvalue weighted by atomic mass is 79.9. The number of hydrogen-bond donors (Lipinski definition) is 2. The number of nitrogens with zero attached hydrogens (tertiary/aromatic N) is 1. The number of hydrogen-bond acceptors (Lipinski definition) is 3. The van der Waals surface area contributed by atoms with Gasteiger partial charge in [-0.05, 0) is 12.1 Å². The van der Waals surface area contributed by atoms with Crippen molar-refractivity contribution < 1.29 is 10.2 Å². The maximum Gasteiger partial charge on any atom is 0.124 e. The number of rotatable bonds is 3. The standard InChI is InChI=1S/C8H9BrClNO2/c9-4-6(12)8(13)7-5(10)2-1-3-11-7/h1-3,6,8,12-13H,4H2. The molecule has 0 amide bonds. The fraction of sp³-hybridized carbons (Fsp3) is 0.375. The molecule has 3 nitrogen and oxygen atoms in total. The lowest BCUT2D eigenvalue weighted by atomic mass is 10.1. The van der Waals surface area contributed by atoms with Crippen LogP contribution in [-0.2, 0) is 0 Å². The van der Waals surface area contributed by atoms with Crippen molar-refractivity contribution in [2.24, 2.45) is 0 Å². The average molecular weight is 267 g/mol. The fourth-order valence-corrected chi connectivity index (χ4v) is 1.47. The van der Waals surface area contributed by atoms with Gasteiger partial charge in [-0.2, -0.15) is 0 Å². The van der Waals surface area contributed by atoms with Crippen LogP contribution in [0.3, 0.4) is 0 Å². The molecule has 1 heterocycles. The first-order chi connectivity index (χ1) is 6.16. The molecule has 0 aliphatic carbocycles. The van der Waals surface area contributed by atoms with E-state index >= 15 is 0 Å². The molecule has 0 aliphatic heterocycles. The maximum absolute atomic E-state index is 9.54. The maximum atomic E-state index is 9.54. The van der Waals surface area contributed by atoms with Crippen LogP contribution in [-0.4, -0.2) is 26.6 Å². The molecule has 0 saturated heterocycles. The monoisotopic (exact) mass is 265 g/mol. The van der Waals surface area contributed by atoms with Gasteiger partial charge in [0.05, 0.1) is 16.8 Å². The van der Waals surface area contributed by atoms with Crippen molar-refractivity contribution >= 4 is 27.5 Å². The third-order valence-corrected chi connectivity index (χ3v) is 2.57. The van der Waals surface area contributed by atoms with Crippen molar-refractivity contribution in [1.82, 2.24) is 4.98 Å². The van der Waals surface area contributed by atoms with Crippen molar-refractivity contribution in [3.05, 3.63) is 29.0 Å². The third-order valence-electron chi connectivity index (χ3n) is 1.59. The van der Waals surface area contributed by atoms with Crippen molar-refractivity contribution in [2.75, 3.05) is 5.33 Å². The molecule has 0 saturated carbocycles. The zero-order valence-electron chi connectivity index (χ0n) is 6.69. The number of pyridine rings is 1. The Balaban J connectivity index is 2.88. The van der Waals surface area contributed by atoms with E-state index in [9.17, 15) is 10.2 Å². The second kappa shape index (κ2) is 4.91. The molecular formula is C8H9BrClNO2. The zero-order valence-corrected chi connectivity index (χ0v) is 9.03. The van der Waals surface area contributed by atoms with Crippen molar-refractivity contribution in [1.29, 1.82) is 0 Å². The Morgan fingerprint density at radius 1 is 1.54 bits per heavy atom. The van der Waals surface area contributed by atoms with Crippen LogP contribution in [0.4, 0.5) is 0 Å². The molecule has 0 fully saturated rings. The van der Waals surface area contributed by atoms with Crippen LogP contribution in [0.5, 0.6) is 0 Å². The predicted octanol–water partition coefficient (Wildman–Crippen LogP) is 1.52. The molecule has 2 atom stereocenters. The van der Waals surface area contributed by atoms with Gasteiger partial charge in [0.25, 0.3) is 0 Å². The van der Waals surface area contributed by atoms with Crippen molar-refractivity contribution in [2.45, 2.75) is 12.2 Å². The van der Waals surface area contributed by atoms with Crippen LogP contribution in [0.15, 0.2) is 18.3 Å². The molecule has 0 radical (unpaired) electrons. The van der Waals surface area contributed by atoms with Crippen LogP contribution in [0.2, 0.25) is 5.02 Å². The van der Waals surface area contributed by atoms with E-state index in [4.69, 9.17) is 11.6 Å². The second-order valence-electron chi connectivity index (χ2n) is 2.54.